The van der Waals surface area contributed by atoms with E-state index in [9.17, 15) is 13.2 Å². The van der Waals surface area contributed by atoms with Crippen LogP contribution in [-0.4, -0.2) is 42.1 Å². The Hall–Kier alpha value is -1.66. The van der Waals surface area contributed by atoms with E-state index >= 15 is 0 Å². The predicted octanol–water partition coefficient (Wildman–Crippen LogP) is 2.05. The van der Waals surface area contributed by atoms with E-state index in [4.69, 9.17) is 5.11 Å². The van der Waals surface area contributed by atoms with E-state index in [2.05, 4.69) is 0 Å². The lowest BCUT2D eigenvalue weighted by Crippen LogP contribution is -2.48. The van der Waals surface area contributed by atoms with Crippen molar-refractivity contribution in [3.63, 3.8) is 0 Å². The Kier molecular flexibility index (Phi) is 5.74. The lowest BCUT2D eigenvalue weighted by molar-refractivity contribution is -0.142. The summed E-state index contributed by atoms with van der Waals surface area (Å²) in [5, 5.41) is 9.17. The van der Waals surface area contributed by atoms with Crippen LogP contribution >= 0.6 is 0 Å². The van der Waals surface area contributed by atoms with Crippen LogP contribution in [0.2, 0.25) is 0 Å². The highest BCUT2D eigenvalue weighted by atomic mass is 32.2. The summed E-state index contributed by atoms with van der Waals surface area (Å²) in [6.07, 6.45) is 5.95. The number of carboxylic acids is 1. The number of nitrogens with zero attached hydrogens (tertiary/aromatic N) is 1. The zero-order valence-electron chi connectivity index (χ0n) is 12.4. The van der Waals surface area contributed by atoms with Crippen LogP contribution in [0.1, 0.15) is 24.8 Å². The van der Waals surface area contributed by atoms with Gasteiger partial charge in [0.05, 0.1) is 5.75 Å². The number of carbonyl (C=O) groups is 1. The van der Waals surface area contributed by atoms with Crippen LogP contribution in [0.3, 0.4) is 0 Å². The van der Waals surface area contributed by atoms with Crippen LogP contribution in [0, 0.1) is 0 Å². The number of aliphatic carboxylic acids is 1. The van der Waals surface area contributed by atoms with Crippen molar-refractivity contribution in [1.29, 1.82) is 0 Å². The molecule has 0 aliphatic carbocycles. The maximum absolute atomic E-state index is 12.3. The summed E-state index contributed by atoms with van der Waals surface area (Å²) in [7, 11) is -3.57. The molecule has 6 heteroatoms. The Balaban J connectivity index is 1.96. The van der Waals surface area contributed by atoms with E-state index in [0.29, 0.717) is 19.4 Å². The molecule has 0 saturated carbocycles. The van der Waals surface area contributed by atoms with Gasteiger partial charge < -0.3 is 5.11 Å². The number of hydrogen-bond acceptors (Lipinski definition) is 3. The molecule has 5 nitrogen and oxygen atoms in total. The van der Waals surface area contributed by atoms with Crippen molar-refractivity contribution in [2.45, 2.75) is 31.7 Å². The molecule has 1 atom stereocenters. The highest BCUT2D eigenvalue weighted by Gasteiger charge is 2.35. The number of piperidine rings is 1. The Morgan fingerprint density at radius 1 is 1.23 bits per heavy atom. The highest BCUT2D eigenvalue weighted by Crippen LogP contribution is 2.21. The first-order valence-corrected chi connectivity index (χ1v) is 9.03. The molecule has 120 valence electrons. The first-order valence-electron chi connectivity index (χ1n) is 7.42. The van der Waals surface area contributed by atoms with E-state index in [1.807, 2.05) is 36.4 Å². The third-order valence-corrected chi connectivity index (χ3v) is 5.53. The van der Waals surface area contributed by atoms with Crippen LogP contribution in [0.4, 0.5) is 0 Å². The average Bonchev–Trinajstić information content (AvgIpc) is 2.52. The number of benzene rings is 1. The van der Waals surface area contributed by atoms with Crippen LogP contribution in [0.5, 0.6) is 0 Å². The van der Waals surface area contributed by atoms with E-state index in [0.717, 1.165) is 22.7 Å². The second-order valence-electron chi connectivity index (χ2n) is 5.40. The summed E-state index contributed by atoms with van der Waals surface area (Å²) < 4.78 is 25.8. The topological polar surface area (TPSA) is 74.7 Å². The zero-order chi connectivity index (χ0) is 16.0. The van der Waals surface area contributed by atoms with Crippen molar-refractivity contribution >= 4 is 16.0 Å². The first-order chi connectivity index (χ1) is 10.5. The smallest absolute Gasteiger partial charge is 0.322 e. The number of carboxylic acid groups (broad SMARTS) is 1. The van der Waals surface area contributed by atoms with Crippen molar-refractivity contribution in [2.75, 3.05) is 12.3 Å². The van der Waals surface area contributed by atoms with E-state index < -0.39 is 22.0 Å². The molecule has 1 aromatic carbocycles. The predicted molar refractivity (Wildman–Crippen MR) is 85.1 cm³/mol. The maximum Gasteiger partial charge on any atom is 0.322 e. The lowest BCUT2D eigenvalue weighted by atomic mass is 10.1. The molecule has 1 aliphatic heterocycles. The SMILES string of the molecule is O=C(O)C1CCCCN1S(=O)(=O)CC=CCc1ccccc1. The van der Waals surface area contributed by atoms with Gasteiger partial charge in [0.1, 0.15) is 6.04 Å². The summed E-state index contributed by atoms with van der Waals surface area (Å²) in [5.74, 6) is -1.21. The molecular weight excluding hydrogens is 302 g/mol. The second-order valence-corrected chi connectivity index (χ2v) is 7.37. The highest BCUT2D eigenvalue weighted by molar-refractivity contribution is 7.89. The van der Waals surface area contributed by atoms with Gasteiger partial charge in [-0.25, -0.2) is 8.42 Å². The van der Waals surface area contributed by atoms with Gasteiger partial charge in [-0.3, -0.25) is 4.79 Å². The molecule has 1 unspecified atom stereocenters. The third kappa shape index (κ3) is 4.42. The summed E-state index contributed by atoms with van der Waals surface area (Å²) in [6.45, 7) is 0.297. The van der Waals surface area contributed by atoms with Gasteiger partial charge in [0.25, 0.3) is 0 Å². The minimum absolute atomic E-state index is 0.149. The molecule has 1 fully saturated rings. The fraction of sp³-hybridized carbons (Fsp3) is 0.438. The van der Waals surface area contributed by atoms with Gasteiger partial charge in [-0.15, -0.1) is 0 Å². The average molecular weight is 323 g/mol. The van der Waals surface area contributed by atoms with Gasteiger partial charge in [-0.1, -0.05) is 42.5 Å². The van der Waals surface area contributed by atoms with E-state index in [1.54, 1.807) is 6.08 Å². The van der Waals surface area contributed by atoms with E-state index in [-0.39, 0.29) is 5.75 Å². The van der Waals surface area contributed by atoms with Crippen molar-refractivity contribution in [2.24, 2.45) is 0 Å². The fourth-order valence-corrected chi connectivity index (χ4v) is 4.16. The van der Waals surface area contributed by atoms with Gasteiger partial charge in [-0.2, -0.15) is 4.31 Å². The molecule has 1 aliphatic rings. The minimum atomic E-state index is -3.57. The monoisotopic (exact) mass is 323 g/mol. The quantitative estimate of drug-likeness (QED) is 0.813. The molecule has 1 saturated heterocycles. The van der Waals surface area contributed by atoms with Crippen LogP contribution in [0.25, 0.3) is 0 Å². The Morgan fingerprint density at radius 3 is 2.64 bits per heavy atom. The molecule has 1 heterocycles. The molecule has 1 aromatic rings. The summed E-state index contributed by atoms with van der Waals surface area (Å²) in [5.41, 5.74) is 1.11. The molecular formula is C16H21NO4S. The summed E-state index contributed by atoms with van der Waals surface area (Å²) >= 11 is 0. The molecule has 2 rings (SSSR count). The van der Waals surface area contributed by atoms with Gasteiger partial charge in [0.2, 0.25) is 10.0 Å². The molecule has 0 aromatic heterocycles. The van der Waals surface area contributed by atoms with E-state index in [1.165, 1.54) is 0 Å². The fourth-order valence-electron chi connectivity index (χ4n) is 2.60. The largest absolute Gasteiger partial charge is 0.480 e. The Labute approximate surface area is 131 Å². The van der Waals surface area contributed by atoms with Crippen LogP contribution < -0.4 is 0 Å². The third-order valence-electron chi connectivity index (χ3n) is 3.77. The normalized spacial score (nSPS) is 20.3. The van der Waals surface area contributed by atoms with Crippen molar-refractivity contribution in [3.05, 3.63) is 48.0 Å². The Morgan fingerprint density at radius 2 is 1.95 bits per heavy atom. The lowest BCUT2D eigenvalue weighted by Gasteiger charge is -2.31. The second kappa shape index (κ2) is 7.56. The molecule has 0 spiro atoms. The van der Waals surface area contributed by atoms with Gasteiger partial charge >= 0.3 is 5.97 Å². The van der Waals surface area contributed by atoms with Crippen molar-refractivity contribution < 1.29 is 18.3 Å². The van der Waals surface area contributed by atoms with Gasteiger partial charge in [0.15, 0.2) is 0 Å². The number of rotatable bonds is 6. The number of hydrogen-bond donors (Lipinski definition) is 1. The van der Waals surface area contributed by atoms with Crippen molar-refractivity contribution in [3.8, 4) is 0 Å². The molecule has 0 radical (unpaired) electrons. The van der Waals surface area contributed by atoms with Crippen LogP contribution in [-0.2, 0) is 21.2 Å². The van der Waals surface area contributed by atoms with Gasteiger partial charge in [-0.05, 0) is 31.2 Å². The molecule has 0 amide bonds. The maximum atomic E-state index is 12.3. The summed E-state index contributed by atoms with van der Waals surface area (Å²) in [6, 6.07) is 8.84. The Bertz CT molecular complexity index is 625. The number of allylic oxidation sites excluding steroid dienone is 1. The zero-order valence-corrected chi connectivity index (χ0v) is 13.2. The standard InChI is InChI=1S/C16H21NO4S/c18-16(19)15-11-4-6-12-17(15)22(20,21)13-7-5-10-14-8-2-1-3-9-14/h1-3,5,7-9,15H,4,6,10-13H2,(H,18,19). The van der Waals surface area contributed by atoms with Crippen molar-refractivity contribution in [1.82, 2.24) is 4.31 Å². The number of sulfonamides is 1. The minimum Gasteiger partial charge on any atom is -0.480 e. The summed E-state index contributed by atoms with van der Waals surface area (Å²) in [4.78, 5) is 11.2. The van der Waals surface area contributed by atoms with Gasteiger partial charge in [0, 0.05) is 6.54 Å². The molecule has 22 heavy (non-hydrogen) atoms. The molecule has 1 N–H and O–H groups in total. The first kappa shape index (κ1) is 16.7. The van der Waals surface area contributed by atoms with Crippen LogP contribution in [0.15, 0.2) is 42.5 Å². The molecule has 0 bridgehead atoms.